The standard InChI is InChI=1S/C12H24N2O2/c1-9(2)6-11(13)12(15)14-7-10-4-3-5-16-8-10/h9-11H,3-8,13H2,1-2H3,(H,14,15). The Bertz CT molecular complexity index is 213. The third-order valence-electron chi connectivity index (χ3n) is 2.88. The predicted octanol–water partition coefficient (Wildman–Crippen LogP) is 0.903. The van der Waals surface area contributed by atoms with Crippen molar-refractivity contribution < 1.29 is 9.53 Å². The zero-order valence-corrected chi connectivity index (χ0v) is 10.4. The molecule has 94 valence electrons. The Kier molecular flexibility index (Phi) is 5.77. The van der Waals surface area contributed by atoms with E-state index in [1.54, 1.807) is 0 Å². The van der Waals surface area contributed by atoms with E-state index in [4.69, 9.17) is 10.5 Å². The second kappa shape index (κ2) is 6.86. The van der Waals surface area contributed by atoms with Crippen LogP contribution in [0.5, 0.6) is 0 Å². The average molecular weight is 228 g/mol. The molecular weight excluding hydrogens is 204 g/mol. The summed E-state index contributed by atoms with van der Waals surface area (Å²) in [6.45, 7) is 6.46. The fraction of sp³-hybridized carbons (Fsp3) is 0.917. The lowest BCUT2D eigenvalue weighted by Crippen LogP contribution is -2.44. The first-order chi connectivity index (χ1) is 7.59. The average Bonchev–Trinajstić information content (AvgIpc) is 2.26. The van der Waals surface area contributed by atoms with E-state index in [-0.39, 0.29) is 11.9 Å². The summed E-state index contributed by atoms with van der Waals surface area (Å²) >= 11 is 0. The van der Waals surface area contributed by atoms with Crippen molar-refractivity contribution in [2.45, 2.75) is 39.2 Å². The van der Waals surface area contributed by atoms with E-state index in [1.807, 2.05) is 0 Å². The Morgan fingerprint density at radius 3 is 2.88 bits per heavy atom. The van der Waals surface area contributed by atoms with Crippen molar-refractivity contribution in [1.29, 1.82) is 0 Å². The Morgan fingerprint density at radius 1 is 1.56 bits per heavy atom. The smallest absolute Gasteiger partial charge is 0.236 e. The largest absolute Gasteiger partial charge is 0.381 e. The maximum atomic E-state index is 11.6. The van der Waals surface area contributed by atoms with Crippen LogP contribution in [0.1, 0.15) is 33.1 Å². The molecule has 0 aromatic rings. The van der Waals surface area contributed by atoms with Crippen LogP contribution in [0.3, 0.4) is 0 Å². The summed E-state index contributed by atoms with van der Waals surface area (Å²) in [6.07, 6.45) is 2.98. The van der Waals surface area contributed by atoms with E-state index in [1.165, 1.54) is 0 Å². The van der Waals surface area contributed by atoms with Gasteiger partial charge in [-0.1, -0.05) is 13.8 Å². The van der Waals surface area contributed by atoms with E-state index in [9.17, 15) is 4.79 Å². The van der Waals surface area contributed by atoms with Crippen LogP contribution in [0.15, 0.2) is 0 Å². The minimum atomic E-state index is -0.371. The fourth-order valence-corrected chi connectivity index (χ4v) is 1.96. The molecule has 0 saturated carbocycles. The lowest BCUT2D eigenvalue weighted by atomic mass is 10.0. The molecule has 0 radical (unpaired) electrons. The fourth-order valence-electron chi connectivity index (χ4n) is 1.96. The van der Waals surface area contributed by atoms with E-state index in [2.05, 4.69) is 19.2 Å². The number of amides is 1. The Balaban J connectivity index is 2.17. The summed E-state index contributed by atoms with van der Waals surface area (Å²) in [5.41, 5.74) is 5.79. The number of hydrogen-bond donors (Lipinski definition) is 2. The number of carbonyl (C=O) groups is 1. The first kappa shape index (κ1) is 13.5. The molecule has 4 nitrogen and oxygen atoms in total. The summed E-state index contributed by atoms with van der Waals surface area (Å²) in [7, 11) is 0. The molecule has 0 aromatic heterocycles. The van der Waals surface area contributed by atoms with Crippen molar-refractivity contribution in [2.24, 2.45) is 17.6 Å². The molecule has 1 fully saturated rings. The van der Waals surface area contributed by atoms with E-state index in [0.29, 0.717) is 18.4 Å². The number of carbonyl (C=O) groups excluding carboxylic acids is 1. The topological polar surface area (TPSA) is 64.4 Å². The van der Waals surface area contributed by atoms with Gasteiger partial charge in [0.15, 0.2) is 0 Å². The Labute approximate surface area is 97.9 Å². The van der Waals surface area contributed by atoms with Crippen LogP contribution in [0, 0.1) is 11.8 Å². The SMILES string of the molecule is CC(C)CC(N)C(=O)NCC1CCCOC1. The maximum Gasteiger partial charge on any atom is 0.236 e. The van der Waals surface area contributed by atoms with Crippen molar-refractivity contribution in [3.05, 3.63) is 0 Å². The molecular formula is C12H24N2O2. The van der Waals surface area contributed by atoms with Crippen molar-refractivity contribution in [1.82, 2.24) is 5.32 Å². The third kappa shape index (κ3) is 4.94. The quantitative estimate of drug-likeness (QED) is 0.735. The van der Waals surface area contributed by atoms with Gasteiger partial charge >= 0.3 is 0 Å². The van der Waals surface area contributed by atoms with Gasteiger partial charge in [-0.15, -0.1) is 0 Å². The zero-order valence-electron chi connectivity index (χ0n) is 10.4. The van der Waals surface area contributed by atoms with E-state index in [0.717, 1.165) is 32.5 Å². The summed E-state index contributed by atoms with van der Waals surface area (Å²) in [6, 6.07) is -0.371. The van der Waals surface area contributed by atoms with Gasteiger partial charge in [0.05, 0.1) is 12.6 Å². The van der Waals surface area contributed by atoms with Gasteiger partial charge in [0, 0.05) is 13.2 Å². The van der Waals surface area contributed by atoms with Gasteiger partial charge in [0.2, 0.25) is 5.91 Å². The lowest BCUT2D eigenvalue weighted by molar-refractivity contribution is -0.123. The molecule has 0 aliphatic carbocycles. The highest BCUT2D eigenvalue weighted by molar-refractivity contribution is 5.81. The molecule has 4 heteroatoms. The van der Waals surface area contributed by atoms with Gasteiger partial charge in [0.25, 0.3) is 0 Å². The summed E-state index contributed by atoms with van der Waals surface area (Å²) < 4.78 is 5.36. The van der Waals surface area contributed by atoms with Crippen LogP contribution in [0.4, 0.5) is 0 Å². The summed E-state index contributed by atoms with van der Waals surface area (Å²) in [4.78, 5) is 11.6. The Morgan fingerprint density at radius 2 is 2.31 bits per heavy atom. The molecule has 3 N–H and O–H groups in total. The van der Waals surface area contributed by atoms with Crippen molar-refractivity contribution in [3.8, 4) is 0 Å². The molecule has 1 aliphatic heterocycles. The molecule has 0 aromatic carbocycles. The van der Waals surface area contributed by atoms with Crippen LogP contribution in [-0.2, 0) is 9.53 Å². The number of rotatable bonds is 5. The van der Waals surface area contributed by atoms with Gasteiger partial charge < -0.3 is 15.8 Å². The van der Waals surface area contributed by atoms with Crippen molar-refractivity contribution in [2.75, 3.05) is 19.8 Å². The number of hydrogen-bond acceptors (Lipinski definition) is 3. The van der Waals surface area contributed by atoms with Gasteiger partial charge in [-0.05, 0) is 31.1 Å². The second-order valence-electron chi connectivity index (χ2n) is 5.06. The molecule has 0 bridgehead atoms. The van der Waals surface area contributed by atoms with Crippen molar-refractivity contribution in [3.63, 3.8) is 0 Å². The van der Waals surface area contributed by atoms with Crippen LogP contribution >= 0.6 is 0 Å². The van der Waals surface area contributed by atoms with Crippen LogP contribution in [-0.4, -0.2) is 31.7 Å². The number of nitrogens with one attached hydrogen (secondary N) is 1. The highest BCUT2D eigenvalue weighted by Gasteiger charge is 2.18. The monoisotopic (exact) mass is 228 g/mol. The highest BCUT2D eigenvalue weighted by Crippen LogP contribution is 2.12. The highest BCUT2D eigenvalue weighted by atomic mass is 16.5. The summed E-state index contributed by atoms with van der Waals surface area (Å²) in [5.74, 6) is 0.891. The third-order valence-corrected chi connectivity index (χ3v) is 2.88. The molecule has 1 aliphatic rings. The first-order valence-electron chi connectivity index (χ1n) is 6.20. The van der Waals surface area contributed by atoms with Gasteiger partial charge in [0.1, 0.15) is 0 Å². The van der Waals surface area contributed by atoms with E-state index < -0.39 is 0 Å². The minimum absolute atomic E-state index is 0.0285. The normalized spacial score (nSPS) is 23.1. The van der Waals surface area contributed by atoms with E-state index >= 15 is 0 Å². The van der Waals surface area contributed by atoms with Crippen LogP contribution in [0.25, 0.3) is 0 Å². The molecule has 2 atom stereocenters. The molecule has 16 heavy (non-hydrogen) atoms. The minimum Gasteiger partial charge on any atom is -0.381 e. The molecule has 2 unspecified atom stereocenters. The van der Waals surface area contributed by atoms with Gasteiger partial charge in [-0.2, -0.15) is 0 Å². The molecule has 0 spiro atoms. The molecule has 1 rings (SSSR count). The predicted molar refractivity (Wildman–Crippen MR) is 64.0 cm³/mol. The molecule has 1 amide bonds. The van der Waals surface area contributed by atoms with Gasteiger partial charge in [-0.3, -0.25) is 4.79 Å². The first-order valence-corrected chi connectivity index (χ1v) is 6.20. The van der Waals surface area contributed by atoms with Crippen LogP contribution in [0.2, 0.25) is 0 Å². The number of nitrogens with two attached hydrogens (primary N) is 1. The summed E-state index contributed by atoms with van der Waals surface area (Å²) in [5, 5.41) is 2.91. The molecule has 1 saturated heterocycles. The van der Waals surface area contributed by atoms with Crippen molar-refractivity contribution >= 4 is 5.91 Å². The maximum absolute atomic E-state index is 11.6. The Hall–Kier alpha value is -0.610. The van der Waals surface area contributed by atoms with Gasteiger partial charge in [-0.25, -0.2) is 0 Å². The zero-order chi connectivity index (χ0) is 12.0. The molecule has 1 heterocycles. The number of ether oxygens (including phenoxy) is 1. The van der Waals surface area contributed by atoms with Crippen LogP contribution < -0.4 is 11.1 Å². The second-order valence-corrected chi connectivity index (χ2v) is 5.06. The lowest BCUT2D eigenvalue weighted by Gasteiger charge is -2.23.